The number of hydrogen-bond acceptors (Lipinski definition) is 4. The molecular weight excluding hydrogens is 412 g/mol. The molecule has 4 nitrogen and oxygen atoms in total. The summed E-state index contributed by atoms with van der Waals surface area (Å²) in [5.41, 5.74) is 4.72. The fourth-order valence-corrected chi connectivity index (χ4v) is 6.64. The van der Waals surface area contributed by atoms with Gasteiger partial charge in [0.15, 0.2) is 0 Å². The zero-order valence-electron chi connectivity index (χ0n) is 16.9. The van der Waals surface area contributed by atoms with Gasteiger partial charge in [0.25, 0.3) is 10.0 Å². The van der Waals surface area contributed by atoms with Gasteiger partial charge in [-0.05, 0) is 73.0 Å². The van der Waals surface area contributed by atoms with E-state index >= 15 is 0 Å². The number of anilines is 2. The molecule has 6 heteroatoms. The molecule has 0 saturated heterocycles. The third-order valence-electron chi connectivity index (χ3n) is 6.12. The van der Waals surface area contributed by atoms with Crippen molar-refractivity contribution < 1.29 is 8.42 Å². The van der Waals surface area contributed by atoms with Crippen LogP contribution >= 0.6 is 11.3 Å². The normalized spacial score (nSPS) is 22.3. The highest BCUT2D eigenvalue weighted by Crippen LogP contribution is 2.50. The van der Waals surface area contributed by atoms with E-state index in [0.29, 0.717) is 16.5 Å². The van der Waals surface area contributed by atoms with Gasteiger partial charge in [-0.15, -0.1) is 11.3 Å². The highest BCUT2D eigenvalue weighted by atomic mass is 32.2. The van der Waals surface area contributed by atoms with Crippen LogP contribution in [0.3, 0.4) is 0 Å². The Hall–Kier alpha value is -2.57. The monoisotopic (exact) mass is 436 g/mol. The van der Waals surface area contributed by atoms with E-state index < -0.39 is 10.0 Å². The van der Waals surface area contributed by atoms with Crippen molar-refractivity contribution in [3.05, 3.63) is 87.6 Å². The first kappa shape index (κ1) is 19.4. The maximum Gasteiger partial charge on any atom is 0.261 e. The van der Waals surface area contributed by atoms with E-state index in [1.807, 2.05) is 44.2 Å². The van der Waals surface area contributed by atoms with Crippen LogP contribution in [-0.4, -0.2) is 8.42 Å². The molecule has 0 amide bonds. The summed E-state index contributed by atoms with van der Waals surface area (Å²) in [4.78, 5) is 1.63. The lowest BCUT2D eigenvalue weighted by Gasteiger charge is -2.37. The summed E-state index contributed by atoms with van der Waals surface area (Å²) in [5.74, 6) is 0.631. The number of nitrogens with one attached hydrogen (secondary N) is 2. The highest BCUT2D eigenvalue weighted by Gasteiger charge is 2.38. The van der Waals surface area contributed by atoms with Gasteiger partial charge in [-0.3, -0.25) is 4.72 Å². The van der Waals surface area contributed by atoms with E-state index in [2.05, 4.69) is 39.7 Å². The summed E-state index contributed by atoms with van der Waals surface area (Å²) in [5, 5.41) is 5.78. The van der Waals surface area contributed by atoms with Crippen molar-refractivity contribution >= 4 is 32.7 Å². The second-order valence-electron chi connectivity index (χ2n) is 8.16. The van der Waals surface area contributed by atoms with Crippen molar-refractivity contribution in [2.45, 2.75) is 37.1 Å². The van der Waals surface area contributed by atoms with Crippen molar-refractivity contribution in [2.24, 2.45) is 5.92 Å². The number of allylic oxidation sites excluding steroid dienone is 2. The zero-order chi connectivity index (χ0) is 20.9. The van der Waals surface area contributed by atoms with Crippen LogP contribution < -0.4 is 10.0 Å². The molecule has 2 heterocycles. The topological polar surface area (TPSA) is 58.2 Å². The van der Waals surface area contributed by atoms with Gasteiger partial charge in [0.2, 0.25) is 0 Å². The first-order valence-electron chi connectivity index (χ1n) is 10.1. The molecule has 3 unspecified atom stereocenters. The van der Waals surface area contributed by atoms with E-state index in [1.165, 1.54) is 4.88 Å². The summed E-state index contributed by atoms with van der Waals surface area (Å²) in [6.45, 7) is 3.91. The molecule has 0 saturated carbocycles. The van der Waals surface area contributed by atoms with Crippen LogP contribution in [0.2, 0.25) is 0 Å². The molecule has 0 radical (unpaired) electrons. The molecule has 154 valence electrons. The largest absolute Gasteiger partial charge is 0.377 e. The molecule has 3 aromatic rings. The van der Waals surface area contributed by atoms with Crippen LogP contribution in [0, 0.1) is 19.8 Å². The molecular formula is C24H24N2O2S2. The van der Waals surface area contributed by atoms with Gasteiger partial charge in [0, 0.05) is 16.5 Å². The van der Waals surface area contributed by atoms with Crippen molar-refractivity contribution in [3.63, 3.8) is 0 Å². The van der Waals surface area contributed by atoms with Gasteiger partial charge in [0.05, 0.1) is 16.6 Å². The highest BCUT2D eigenvalue weighted by molar-refractivity contribution is 7.92. The molecule has 2 aliphatic rings. The lowest BCUT2D eigenvalue weighted by atomic mass is 9.79. The van der Waals surface area contributed by atoms with E-state index in [-0.39, 0.29) is 12.0 Å². The molecule has 2 N–H and O–H groups in total. The van der Waals surface area contributed by atoms with Crippen LogP contribution in [-0.2, 0) is 10.0 Å². The minimum Gasteiger partial charge on any atom is -0.377 e. The molecule has 0 spiro atoms. The van der Waals surface area contributed by atoms with Gasteiger partial charge in [-0.1, -0.05) is 35.9 Å². The van der Waals surface area contributed by atoms with Gasteiger partial charge in [-0.25, -0.2) is 8.42 Å². The van der Waals surface area contributed by atoms with E-state index in [4.69, 9.17) is 0 Å². The average Bonchev–Trinajstić information content (AvgIpc) is 3.41. The molecule has 3 atom stereocenters. The number of fused-ring (bicyclic) bond motifs is 3. The number of aryl methyl sites for hydroxylation is 2. The second-order valence-corrected chi connectivity index (χ2v) is 10.8. The minimum absolute atomic E-state index is 0.226. The summed E-state index contributed by atoms with van der Waals surface area (Å²) in [6.07, 6.45) is 5.46. The van der Waals surface area contributed by atoms with Crippen molar-refractivity contribution in [2.75, 3.05) is 10.0 Å². The Morgan fingerprint density at radius 3 is 2.73 bits per heavy atom. The Labute approximate surface area is 181 Å². The second kappa shape index (κ2) is 7.29. The fraction of sp³-hybridized carbons (Fsp3) is 0.250. The quantitative estimate of drug-likeness (QED) is 0.494. The average molecular weight is 437 g/mol. The van der Waals surface area contributed by atoms with Crippen molar-refractivity contribution in [1.82, 2.24) is 0 Å². The van der Waals surface area contributed by atoms with Crippen LogP contribution in [0.15, 0.2) is 71.0 Å². The van der Waals surface area contributed by atoms with Crippen molar-refractivity contribution in [3.8, 4) is 0 Å². The summed E-state index contributed by atoms with van der Waals surface area (Å²) >= 11 is 1.77. The Morgan fingerprint density at radius 1 is 1.10 bits per heavy atom. The van der Waals surface area contributed by atoms with Crippen LogP contribution in [0.1, 0.15) is 39.9 Å². The maximum atomic E-state index is 13.1. The van der Waals surface area contributed by atoms with Gasteiger partial charge < -0.3 is 5.32 Å². The number of thiophene rings is 1. The molecule has 1 aromatic heterocycles. The third kappa shape index (κ3) is 3.34. The van der Waals surface area contributed by atoms with Gasteiger partial charge >= 0.3 is 0 Å². The van der Waals surface area contributed by atoms with Crippen LogP contribution in [0.25, 0.3) is 0 Å². The lowest BCUT2D eigenvalue weighted by molar-refractivity contribution is 0.429. The summed E-state index contributed by atoms with van der Waals surface area (Å²) in [6, 6.07) is 15.7. The van der Waals surface area contributed by atoms with Crippen LogP contribution in [0.5, 0.6) is 0 Å². The van der Waals surface area contributed by atoms with Crippen molar-refractivity contribution in [1.29, 1.82) is 0 Å². The van der Waals surface area contributed by atoms with Crippen LogP contribution in [0.4, 0.5) is 11.4 Å². The number of rotatable bonds is 4. The molecule has 5 rings (SSSR count). The minimum atomic E-state index is -3.67. The number of benzene rings is 2. The Bertz CT molecular complexity index is 1230. The molecule has 1 aliphatic carbocycles. The molecule has 30 heavy (non-hydrogen) atoms. The number of sulfonamides is 1. The lowest BCUT2D eigenvalue weighted by Crippen LogP contribution is -2.28. The SMILES string of the molecule is Cc1ccc(NS(=O)(=O)c2ccc3c(c2)C2C=CCC2C(c2cccs2)N3)c(C)c1. The molecule has 0 bridgehead atoms. The summed E-state index contributed by atoms with van der Waals surface area (Å²) < 4.78 is 29.0. The van der Waals surface area contributed by atoms with E-state index in [0.717, 1.165) is 28.8 Å². The Kier molecular flexibility index (Phi) is 4.71. The first-order valence-corrected chi connectivity index (χ1v) is 12.5. The first-order chi connectivity index (χ1) is 14.4. The molecule has 1 aliphatic heterocycles. The summed E-state index contributed by atoms with van der Waals surface area (Å²) in [7, 11) is -3.67. The molecule has 0 fully saturated rings. The fourth-order valence-electron chi connectivity index (χ4n) is 4.62. The number of hydrogen-bond donors (Lipinski definition) is 2. The standard InChI is InChI=1S/C24H24N2O2S2/c1-15-8-10-21(16(2)13-15)26-30(27,28)17-9-11-22-20(14-17)18-5-3-6-19(18)24(25-22)23-7-4-12-29-23/h3-5,7-14,18-19,24-26H,6H2,1-2H3. The molecule has 2 aromatic carbocycles. The Balaban J connectivity index is 1.50. The predicted molar refractivity (Wildman–Crippen MR) is 124 cm³/mol. The van der Waals surface area contributed by atoms with Gasteiger partial charge in [0.1, 0.15) is 0 Å². The van der Waals surface area contributed by atoms with Gasteiger partial charge in [-0.2, -0.15) is 0 Å². The van der Waals surface area contributed by atoms with E-state index in [9.17, 15) is 8.42 Å². The maximum absolute atomic E-state index is 13.1. The predicted octanol–water partition coefficient (Wildman–Crippen LogP) is 5.99. The smallest absolute Gasteiger partial charge is 0.261 e. The Morgan fingerprint density at radius 2 is 1.97 bits per heavy atom. The zero-order valence-corrected chi connectivity index (χ0v) is 18.6. The third-order valence-corrected chi connectivity index (χ3v) is 8.44. The van der Waals surface area contributed by atoms with E-state index in [1.54, 1.807) is 17.4 Å².